The molecule has 2 atom stereocenters. The van der Waals surface area contributed by atoms with E-state index in [1.807, 2.05) is 19.1 Å². The number of hydrogen-bond acceptors (Lipinski definition) is 3. The lowest BCUT2D eigenvalue weighted by Gasteiger charge is -2.35. The maximum absolute atomic E-state index is 12.3. The van der Waals surface area contributed by atoms with E-state index >= 15 is 0 Å². The van der Waals surface area contributed by atoms with Gasteiger partial charge in [0.2, 0.25) is 0 Å². The molecule has 1 fully saturated rings. The first-order valence-corrected chi connectivity index (χ1v) is 7.27. The van der Waals surface area contributed by atoms with Crippen LogP contribution in [-0.4, -0.2) is 23.2 Å². The normalized spacial score (nSPS) is 26.2. The summed E-state index contributed by atoms with van der Waals surface area (Å²) in [4.78, 5) is 12.3. The molecular weight excluding hydrogens is 252 g/mol. The van der Waals surface area contributed by atoms with Gasteiger partial charge in [0.1, 0.15) is 0 Å². The number of hydrogen-bond donors (Lipinski definition) is 3. The van der Waals surface area contributed by atoms with Crippen molar-refractivity contribution in [3.63, 3.8) is 0 Å². The minimum atomic E-state index is -0.773. The van der Waals surface area contributed by atoms with E-state index in [4.69, 9.17) is 5.73 Å². The molecule has 1 aromatic carbocycles. The lowest BCUT2D eigenvalue weighted by atomic mass is 9.79. The van der Waals surface area contributed by atoms with Gasteiger partial charge < -0.3 is 16.2 Å². The van der Waals surface area contributed by atoms with Crippen LogP contribution in [0.4, 0.5) is 5.69 Å². The Balaban J connectivity index is 2.02. The molecule has 110 valence electrons. The number of amides is 1. The van der Waals surface area contributed by atoms with Crippen molar-refractivity contribution >= 4 is 11.6 Å². The first-order valence-electron chi connectivity index (χ1n) is 7.27. The largest absolute Gasteiger partial charge is 0.398 e. The second-order valence-electron chi connectivity index (χ2n) is 6.15. The van der Waals surface area contributed by atoms with E-state index < -0.39 is 5.60 Å². The lowest BCUT2D eigenvalue weighted by Crippen LogP contribution is -2.46. The van der Waals surface area contributed by atoms with Crippen LogP contribution in [0.15, 0.2) is 18.2 Å². The SMILES string of the molecule is Cc1cccc(N)c1C(=O)NCC1(O)CCCC(C)C1. The minimum absolute atomic E-state index is 0.202. The van der Waals surface area contributed by atoms with Crippen LogP contribution in [0.3, 0.4) is 0 Å². The smallest absolute Gasteiger partial charge is 0.253 e. The van der Waals surface area contributed by atoms with Crippen LogP contribution in [0.5, 0.6) is 0 Å². The Labute approximate surface area is 120 Å². The number of nitrogens with two attached hydrogens (primary N) is 1. The van der Waals surface area contributed by atoms with Gasteiger partial charge >= 0.3 is 0 Å². The summed E-state index contributed by atoms with van der Waals surface area (Å²) in [5.41, 5.74) is 6.94. The van der Waals surface area contributed by atoms with Gasteiger partial charge in [0.15, 0.2) is 0 Å². The highest BCUT2D eigenvalue weighted by molar-refractivity contribution is 6.00. The van der Waals surface area contributed by atoms with Gasteiger partial charge in [-0.2, -0.15) is 0 Å². The van der Waals surface area contributed by atoms with Crippen molar-refractivity contribution in [2.45, 2.75) is 45.1 Å². The Morgan fingerprint density at radius 1 is 1.55 bits per heavy atom. The standard InChI is InChI=1S/C16H24N2O2/c1-11-5-4-8-16(20,9-11)10-18-15(19)14-12(2)6-3-7-13(14)17/h3,6-7,11,20H,4-5,8-10,17H2,1-2H3,(H,18,19). The molecular formula is C16H24N2O2. The van der Waals surface area contributed by atoms with Crippen LogP contribution in [0.2, 0.25) is 0 Å². The summed E-state index contributed by atoms with van der Waals surface area (Å²) in [5.74, 6) is 0.307. The monoisotopic (exact) mass is 276 g/mol. The van der Waals surface area contributed by atoms with Crippen molar-refractivity contribution in [2.24, 2.45) is 5.92 Å². The van der Waals surface area contributed by atoms with Gasteiger partial charge in [0, 0.05) is 12.2 Å². The second-order valence-corrected chi connectivity index (χ2v) is 6.15. The third-order valence-corrected chi connectivity index (χ3v) is 4.18. The zero-order valence-corrected chi connectivity index (χ0v) is 12.3. The molecule has 20 heavy (non-hydrogen) atoms. The van der Waals surface area contributed by atoms with Crippen LogP contribution in [0.25, 0.3) is 0 Å². The van der Waals surface area contributed by atoms with E-state index in [9.17, 15) is 9.90 Å². The first-order chi connectivity index (χ1) is 9.41. The average molecular weight is 276 g/mol. The second kappa shape index (κ2) is 5.83. The maximum Gasteiger partial charge on any atom is 0.253 e. The Hall–Kier alpha value is -1.55. The number of carbonyl (C=O) groups is 1. The summed E-state index contributed by atoms with van der Waals surface area (Å²) in [7, 11) is 0. The molecule has 0 aliphatic heterocycles. The van der Waals surface area contributed by atoms with Gasteiger partial charge in [0.25, 0.3) is 5.91 Å². The Morgan fingerprint density at radius 2 is 2.30 bits per heavy atom. The first kappa shape index (κ1) is 14.9. The highest BCUT2D eigenvalue weighted by atomic mass is 16.3. The Bertz CT molecular complexity index is 481. The molecule has 0 aromatic heterocycles. The molecule has 1 saturated carbocycles. The van der Waals surface area contributed by atoms with E-state index in [0.717, 1.165) is 31.2 Å². The molecule has 0 spiro atoms. The molecule has 0 bridgehead atoms. The summed E-state index contributed by atoms with van der Waals surface area (Å²) in [6.45, 7) is 4.30. The number of nitrogen functional groups attached to an aromatic ring is 1. The van der Waals surface area contributed by atoms with Gasteiger partial charge in [-0.05, 0) is 37.3 Å². The summed E-state index contributed by atoms with van der Waals surface area (Å²) in [6, 6.07) is 5.42. The predicted octanol–water partition coefficient (Wildman–Crippen LogP) is 2.25. The molecule has 1 aliphatic rings. The molecule has 2 unspecified atom stereocenters. The van der Waals surface area contributed by atoms with Crippen LogP contribution >= 0.6 is 0 Å². The summed E-state index contributed by atoms with van der Waals surface area (Å²) >= 11 is 0. The molecule has 1 amide bonds. The third kappa shape index (κ3) is 3.31. The molecule has 4 heteroatoms. The number of carbonyl (C=O) groups excluding carboxylic acids is 1. The fraction of sp³-hybridized carbons (Fsp3) is 0.562. The van der Waals surface area contributed by atoms with Crippen molar-refractivity contribution in [3.05, 3.63) is 29.3 Å². The number of nitrogens with one attached hydrogen (secondary N) is 1. The van der Waals surface area contributed by atoms with E-state index in [0.29, 0.717) is 23.7 Å². The van der Waals surface area contributed by atoms with Gasteiger partial charge in [-0.25, -0.2) is 0 Å². The summed E-state index contributed by atoms with van der Waals surface area (Å²) < 4.78 is 0. The minimum Gasteiger partial charge on any atom is -0.398 e. The number of rotatable bonds is 3. The topological polar surface area (TPSA) is 75.4 Å². The molecule has 1 aliphatic carbocycles. The van der Waals surface area contributed by atoms with Crippen molar-refractivity contribution in [2.75, 3.05) is 12.3 Å². The van der Waals surface area contributed by atoms with Gasteiger partial charge in [-0.1, -0.05) is 31.9 Å². The van der Waals surface area contributed by atoms with E-state index in [-0.39, 0.29) is 5.91 Å². The molecule has 4 nitrogen and oxygen atoms in total. The predicted molar refractivity (Wildman–Crippen MR) is 80.5 cm³/mol. The fourth-order valence-electron chi connectivity index (χ4n) is 3.13. The number of benzene rings is 1. The number of aryl methyl sites for hydroxylation is 1. The van der Waals surface area contributed by atoms with Crippen LogP contribution in [-0.2, 0) is 0 Å². The summed E-state index contributed by atoms with van der Waals surface area (Å²) in [5, 5.41) is 13.4. The lowest BCUT2D eigenvalue weighted by molar-refractivity contribution is -0.0109. The third-order valence-electron chi connectivity index (χ3n) is 4.18. The Kier molecular flexibility index (Phi) is 4.33. The molecule has 2 rings (SSSR count). The zero-order chi connectivity index (χ0) is 14.8. The van der Waals surface area contributed by atoms with E-state index in [1.165, 1.54) is 0 Å². The van der Waals surface area contributed by atoms with Crippen molar-refractivity contribution in [1.29, 1.82) is 0 Å². The van der Waals surface area contributed by atoms with Crippen LogP contribution in [0, 0.1) is 12.8 Å². The van der Waals surface area contributed by atoms with Crippen LogP contribution < -0.4 is 11.1 Å². The molecule has 0 heterocycles. The maximum atomic E-state index is 12.3. The highest BCUT2D eigenvalue weighted by Gasteiger charge is 2.33. The Morgan fingerprint density at radius 3 is 2.95 bits per heavy atom. The van der Waals surface area contributed by atoms with Crippen molar-refractivity contribution in [1.82, 2.24) is 5.32 Å². The average Bonchev–Trinajstić information content (AvgIpc) is 2.36. The van der Waals surface area contributed by atoms with Gasteiger partial charge in [-0.3, -0.25) is 4.79 Å². The van der Waals surface area contributed by atoms with E-state index in [2.05, 4.69) is 12.2 Å². The highest BCUT2D eigenvalue weighted by Crippen LogP contribution is 2.31. The number of aliphatic hydroxyl groups is 1. The van der Waals surface area contributed by atoms with Crippen LogP contribution in [0.1, 0.15) is 48.5 Å². The van der Waals surface area contributed by atoms with Crippen molar-refractivity contribution in [3.8, 4) is 0 Å². The van der Waals surface area contributed by atoms with Crippen molar-refractivity contribution < 1.29 is 9.90 Å². The molecule has 4 N–H and O–H groups in total. The van der Waals surface area contributed by atoms with E-state index in [1.54, 1.807) is 6.07 Å². The molecule has 1 aromatic rings. The molecule has 0 saturated heterocycles. The van der Waals surface area contributed by atoms with Gasteiger partial charge in [-0.15, -0.1) is 0 Å². The zero-order valence-electron chi connectivity index (χ0n) is 12.3. The quantitative estimate of drug-likeness (QED) is 0.741. The fourth-order valence-corrected chi connectivity index (χ4v) is 3.13. The van der Waals surface area contributed by atoms with Gasteiger partial charge in [0.05, 0.1) is 11.2 Å². The number of anilines is 1. The molecule has 0 radical (unpaired) electrons. The summed E-state index contributed by atoms with van der Waals surface area (Å²) in [6.07, 6.45) is 3.67.